The van der Waals surface area contributed by atoms with Gasteiger partial charge in [-0.2, -0.15) is 0 Å². The predicted octanol–water partition coefficient (Wildman–Crippen LogP) is 3.60. The fourth-order valence-electron chi connectivity index (χ4n) is 4.20. The van der Waals surface area contributed by atoms with Crippen LogP contribution in [0, 0.1) is 5.41 Å². The van der Waals surface area contributed by atoms with E-state index in [1.807, 2.05) is 0 Å². The number of nitrogens with one attached hydrogen (secondary N) is 1. The lowest BCUT2D eigenvalue weighted by atomic mass is 9.87. The van der Waals surface area contributed by atoms with Crippen molar-refractivity contribution < 1.29 is 9.47 Å². The number of likely N-dealkylation sites (tertiary alicyclic amines) is 1. The molecule has 1 aromatic carbocycles. The highest BCUT2D eigenvalue weighted by Gasteiger charge is 2.42. The monoisotopic (exact) mass is 530 g/mol. The fraction of sp³-hybridized carbons (Fsp3) is 0.696. The standard InChI is InChI=1S/C23H38N4O2.HI/c1-4-24-22(27-13-11-23(18-27)12-15-28-19-23)25-17-20-7-9-21(10-8-20)29-16-14-26(5-2)6-3;/h7-10H,4-6,11-19H2,1-3H3,(H,24,25);1H. The van der Waals surface area contributed by atoms with Gasteiger partial charge in [-0.05, 0) is 50.6 Å². The molecule has 0 aromatic heterocycles. The second kappa shape index (κ2) is 12.7. The summed E-state index contributed by atoms with van der Waals surface area (Å²) in [6.07, 6.45) is 2.38. The first-order valence-corrected chi connectivity index (χ1v) is 11.2. The molecule has 7 heteroatoms. The molecule has 1 aromatic rings. The molecule has 2 fully saturated rings. The first kappa shape index (κ1) is 25.2. The van der Waals surface area contributed by atoms with Crippen LogP contribution in [-0.2, 0) is 11.3 Å². The summed E-state index contributed by atoms with van der Waals surface area (Å²) in [6.45, 7) is 15.8. The number of benzene rings is 1. The van der Waals surface area contributed by atoms with Crippen molar-refractivity contribution in [3.63, 3.8) is 0 Å². The van der Waals surface area contributed by atoms with E-state index in [1.165, 1.54) is 18.4 Å². The summed E-state index contributed by atoms with van der Waals surface area (Å²) in [5, 5.41) is 3.47. The van der Waals surface area contributed by atoms with Gasteiger partial charge in [-0.25, -0.2) is 4.99 Å². The van der Waals surface area contributed by atoms with Crippen LogP contribution < -0.4 is 10.1 Å². The lowest BCUT2D eigenvalue weighted by molar-refractivity contribution is 0.156. The van der Waals surface area contributed by atoms with E-state index in [4.69, 9.17) is 14.5 Å². The molecule has 6 nitrogen and oxygen atoms in total. The number of guanidine groups is 1. The van der Waals surface area contributed by atoms with Crippen molar-refractivity contribution in [3.8, 4) is 5.75 Å². The number of nitrogens with zero attached hydrogens (tertiary/aromatic N) is 3. The van der Waals surface area contributed by atoms with Crippen LogP contribution in [0.1, 0.15) is 39.2 Å². The van der Waals surface area contributed by atoms with Gasteiger partial charge in [0.1, 0.15) is 12.4 Å². The third kappa shape index (κ3) is 6.99. The Labute approximate surface area is 199 Å². The maximum Gasteiger partial charge on any atom is 0.194 e. The minimum absolute atomic E-state index is 0. The molecule has 0 bridgehead atoms. The maximum absolute atomic E-state index is 5.88. The van der Waals surface area contributed by atoms with Crippen molar-refractivity contribution >= 4 is 29.9 Å². The van der Waals surface area contributed by atoms with Gasteiger partial charge in [-0.15, -0.1) is 24.0 Å². The first-order chi connectivity index (χ1) is 14.2. The van der Waals surface area contributed by atoms with Gasteiger partial charge in [0, 0.05) is 38.2 Å². The highest BCUT2D eigenvalue weighted by atomic mass is 127. The molecule has 1 N–H and O–H groups in total. The summed E-state index contributed by atoms with van der Waals surface area (Å²) < 4.78 is 11.5. The molecule has 30 heavy (non-hydrogen) atoms. The van der Waals surface area contributed by atoms with Gasteiger partial charge in [0.15, 0.2) is 5.96 Å². The maximum atomic E-state index is 5.88. The van der Waals surface area contributed by atoms with E-state index in [1.54, 1.807) is 0 Å². The molecule has 2 heterocycles. The van der Waals surface area contributed by atoms with Crippen molar-refractivity contribution in [3.05, 3.63) is 29.8 Å². The van der Waals surface area contributed by atoms with Gasteiger partial charge < -0.3 is 24.6 Å². The van der Waals surface area contributed by atoms with Crippen LogP contribution in [0.5, 0.6) is 5.75 Å². The van der Waals surface area contributed by atoms with E-state index >= 15 is 0 Å². The zero-order valence-corrected chi connectivity index (χ0v) is 21.2. The van der Waals surface area contributed by atoms with E-state index in [2.05, 4.69) is 60.2 Å². The Bertz CT molecular complexity index is 643. The zero-order chi connectivity index (χ0) is 20.5. The molecule has 1 spiro atoms. The van der Waals surface area contributed by atoms with Crippen LogP contribution in [0.15, 0.2) is 29.3 Å². The molecular formula is C23H39IN4O2. The van der Waals surface area contributed by atoms with Crippen molar-refractivity contribution in [1.82, 2.24) is 15.1 Å². The summed E-state index contributed by atoms with van der Waals surface area (Å²) in [4.78, 5) is 9.67. The number of halogens is 1. The largest absolute Gasteiger partial charge is 0.492 e. The Morgan fingerprint density at radius 1 is 1.20 bits per heavy atom. The highest BCUT2D eigenvalue weighted by molar-refractivity contribution is 14.0. The number of hydrogen-bond donors (Lipinski definition) is 1. The SMILES string of the molecule is CCNC(=NCc1ccc(OCCN(CC)CC)cc1)N1CCC2(CCOC2)C1.I. The fourth-order valence-corrected chi connectivity index (χ4v) is 4.20. The van der Waals surface area contributed by atoms with Crippen LogP contribution in [0.25, 0.3) is 0 Å². The summed E-state index contributed by atoms with van der Waals surface area (Å²) in [5.74, 6) is 1.95. The molecule has 2 aliphatic heterocycles. The summed E-state index contributed by atoms with van der Waals surface area (Å²) in [5.41, 5.74) is 1.55. The van der Waals surface area contributed by atoms with Crippen molar-refractivity contribution in [2.24, 2.45) is 10.4 Å². The van der Waals surface area contributed by atoms with E-state index in [9.17, 15) is 0 Å². The smallest absolute Gasteiger partial charge is 0.194 e. The second-order valence-electron chi connectivity index (χ2n) is 8.16. The van der Waals surface area contributed by atoms with E-state index in [0.717, 1.165) is 70.8 Å². The predicted molar refractivity (Wildman–Crippen MR) is 134 cm³/mol. The van der Waals surface area contributed by atoms with E-state index in [-0.39, 0.29) is 24.0 Å². The second-order valence-corrected chi connectivity index (χ2v) is 8.16. The van der Waals surface area contributed by atoms with Gasteiger partial charge in [0.25, 0.3) is 0 Å². The van der Waals surface area contributed by atoms with Crippen LogP contribution in [0.4, 0.5) is 0 Å². The molecule has 2 aliphatic rings. The Hall–Kier alpha value is -1.06. The summed E-state index contributed by atoms with van der Waals surface area (Å²) >= 11 is 0. The van der Waals surface area contributed by atoms with Gasteiger partial charge in [0.2, 0.25) is 0 Å². The van der Waals surface area contributed by atoms with Crippen LogP contribution in [0.3, 0.4) is 0 Å². The molecular weight excluding hydrogens is 491 g/mol. The number of rotatable bonds is 9. The van der Waals surface area contributed by atoms with E-state index < -0.39 is 0 Å². The van der Waals surface area contributed by atoms with Gasteiger partial charge in [-0.3, -0.25) is 0 Å². The van der Waals surface area contributed by atoms with Gasteiger partial charge in [0.05, 0.1) is 13.2 Å². The number of hydrogen-bond acceptors (Lipinski definition) is 4. The Kier molecular flexibility index (Phi) is 10.7. The lowest BCUT2D eigenvalue weighted by Gasteiger charge is -2.25. The third-order valence-corrected chi connectivity index (χ3v) is 6.16. The minimum atomic E-state index is 0. The number of aliphatic imine (C=N–C) groups is 1. The highest BCUT2D eigenvalue weighted by Crippen LogP contribution is 2.38. The summed E-state index contributed by atoms with van der Waals surface area (Å²) in [6, 6.07) is 8.35. The molecule has 1 atom stereocenters. The topological polar surface area (TPSA) is 49.3 Å². The molecule has 0 amide bonds. The normalized spacial score (nSPS) is 21.3. The number of ether oxygens (including phenoxy) is 2. The molecule has 0 radical (unpaired) electrons. The summed E-state index contributed by atoms with van der Waals surface area (Å²) in [7, 11) is 0. The Balaban J connectivity index is 0.00000320. The quantitative estimate of drug-likeness (QED) is 0.301. The van der Waals surface area contributed by atoms with Crippen molar-refractivity contribution in [2.75, 3.05) is 59.1 Å². The average molecular weight is 530 g/mol. The van der Waals surface area contributed by atoms with Crippen molar-refractivity contribution in [2.45, 2.75) is 40.2 Å². The van der Waals surface area contributed by atoms with Crippen LogP contribution in [-0.4, -0.2) is 74.8 Å². The van der Waals surface area contributed by atoms with E-state index in [0.29, 0.717) is 12.0 Å². The molecule has 1 unspecified atom stereocenters. The molecule has 0 saturated carbocycles. The molecule has 0 aliphatic carbocycles. The lowest BCUT2D eigenvalue weighted by Crippen LogP contribution is -2.41. The first-order valence-electron chi connectivity index (χ1n) is 11.2. The number of likely N-dealkylation sites (N-methyl/N-ethyl adjacent to an activating group) is 1. The molecule has 3 rings (SSSR count). The molecule has 170 valence electrons. The Morgan fingerprint density at radius 3 is 2.60 bits per heavy atom. The van der Waals surface area contributed by atoms with Crippen LogP contribution in [0.2, 0.25) is 0 Å². The van der Waals surface area contributed by atoms with Crippen molar-refractivity contribution in [1.29, 1.82) is 0 Å². The average Bonchev–Trinajstić information content (AvgIpc) is 3.39. The third-order valence-electron chi connectivity index (χ3n) is 6.16. The Morgan fingerprint density at radius 2 is 1.97 bits per heavy atom. The molecule has 2 saturated heterocycles. The van der Waals surface area contributed by atoms with Crippen LogP contribution >= 0.6 is 24.0 Å². The zero-order valence-electron chi connectivity index (χ0n) is 18.9. The minimum Gasteiger partial charge on any atom is -0.492 e. The van der Waals surface area contributed by atoms with Gasteiger partial charge in [-0.1, -0.05) is 26.0 Å². The van der Waals surface area contributed by atoms with Gasteiger partial charge >= 0.3 is 0 Å².